The van der Waals surface area contributed by atoms with E-state index in [1.807, 2.05) is 41.6 Å². The maximum Gasteiger partial charge on any atom is 0.317 e. The van der Waals surface area contributed by atoms with Gasteiger partial charge in [-0.3, -0.25) is 4.57 Å². The van der Waals surface area contributed by atoms with Crippen molar-refractivity contribution in [1.82, 2.24) is 24.8 Å². The summed E-state index contributed by atoms with van der Waals surface area (Å²) in [6, 6.07) is 3.85. The van der Waals surface area contributed by atoms with E-state index in [2.05, 4.69) is 15.3 Å². The van der Waals surface area contributed by atoms with Gasteiger partial charge in [0.15, 0.2) is 0 Å². The van der Waals surface area contributed by atoms with Crippen molar-refractivity contribution in [2.45, 2.75) is 26.8 Å². The van der Waals surface area contributed by atoms with E-state index >= 15 is 0 Å². The van der Waals surface area contributed by atoms with Gasteiger partial charge in [0.05, 0.1) is 6.61 Å². The second-order valence-electron chi connectivity index (χ2n) is 6.29. The topological polar surface area (TPSA) is 72.3 Å². The first-order chi connectivity index (χ1) is 12.2. The van der Waals surface area contributed by atoms with Crippen LogP contribution < -0.4 is 5.32 Å². The lowest BCUT2D eigenvalue weighted by Crippen LogP contribution is -2.42. The quantitative estimate of drug-likeness (QED) is 0.872. The third-order valence-corrected chi connectivity index (χ3v) is 4.50. The van der Waals surface area contributed by atoms with Crippen LogP contribution in [0.1, 0.15) is 24.7 Å². The predicted octanol–water partition coefficient (Wildman–Crippen LogP) is 2.14. The van der Waals surface area contributed by atoms with Crippen molar-refractivity contribution in [1.29, 1.82) is 0 Å². The maximum absolute atomic E-state index is 12.4. The van der Waals surface area contributed by atoms with E-state index in [1.165, 1.54) is 0 Å². The van der Waals surface area contributed by atoms with Crippen molar-refractivity contribution in [3.63, 3.8) is 0 Å². The molecule has 1 N–H and O–H groups in total. The smallest absolute Gasteiger partial charge is 0.317 e. The summed E-state index contributed by atoms with van der Waals surface area (Å²) in [5.74, 6) is 2.13. The molecule has 0 radical (unpaired) electrons. The summed E-state index contributed by atoms with van der Waals surface area (Å²) in [5.41, 5.74) is 1.01. The van der Waals surface area contributed by atoms with Crippen LogP contribution in [-0.4, -0.2) is 51.8 Å². The number of amides is 2. The molecule has 7 heteroatoms. The highest BCUT2D eigenvalue weighted by Gasteiger charge is 2.21. The number of carbonyl (C=O) groups excluding carboxylic acids is 1. The average Bonchev–Trinajstić information content (AvgIpc) is 3.29. The number of nitrogens with one attached hydrogen (secondary N) is 1. The number of urea groups is 1. The molecule has 2 aromatic rings. The lowest BCUT2D eigenvalue weighted by molar-refractivity contribution is 0.166. The normalized spacial score (nSPS) is 16.8. The van der Waals surface area contributed by atoms with E-state index < -0.39 is 0 Å². The Morgan fingerprint density at radius 1 is 1.44 bits per heavy atom. The number of aromatic nitrogens is 3. The van der Waals surface area contributed by atoms with Gasteiger partial charge < -0.3 is 15.0 Å². The number of hydrogen-bond donors (Lipinski definition) is 1. The summed E-state index contributed by atoms with van der Waals surface area (Å²) in [7, 11) is 0. The van der Waals surface area contributed by atoms with Crippen LogP contribution in [-0.2, 0) is 11.3 Å². The number of pyridine rings is 1. The number of carbonyl (C=O) groups is 1. The Bertz CT molecular complexity index is 709. The predicted molar refractivity (Wildman–Crippen MR) is 94.5 cm³/mol. The summed E-state index contributed by atoms with van der Waals surface area (Å²) < 4.78 is 7.32. The Morgan fingerprint density at radius 2 is 2.32 bits per heavy atom. The lowest BCUT2D eigenvalue weighted by atomic mass is 10.1. The third-order valence-electron chi connectivity index (χ3n) is 4.50. The summed E-state index contributed by atoms with van der Waals surface area (Å²) in [4.78, 5) is 22.9. The molecule has 0 saturated carbocycles. The van der Waals surface area contributed by atoms with E-state index in [4.69, 9.17) is 4.74 Å². The first kappa shape index (κ1) is 17.4. The van der Waals surface area contributed by atoms with Crippen molar-refractivity contribution >= 4 is 6.03 Å². The zero-order valence-electron chi connectivity index (χ0n) is 14.8. The van der Waals surface area contributed by atoms with Gasteiger partial charge in [-0.25, -0.2) is 14.8 Å². The Hall–Kier alpha value is -2.41. The number of rotatable bonds is 6. The first-order valence-corrected chi connectivity index (χ1v) is 8.73. The SMILES string of the molecule is CCN(C[C@H]1CCOC1)C(=O)NCc1ccnc(-n2ccnc2C)c1. The molecule has 1 saturated heterocycles. The van der Waals surface area contributed by atoms with Gasteiger partial charge in [0.1, 0.15) is 11.6 Å². The third kappa shape index (κ3) is 4.36. The van der Waals surface area contributed by atoms with Crippen LogP contribution in [0, 0.1) is 12.8 Å². The lowest BCUT2D eigenvalue weighted by Gasteiger charge is -2.24. The van der Waals surface area contributed by atoms with Gasteiger partial charge in [-0.05, 0) is 38.0 Å². The molecule has 1 fully saturated rings. The minimum absolute atomic E-state index is 0.0356. The molecular weight excluding hydrogens is 318 g/mol. The fourth-order valence-electron chi connectivity index (χ4n) is 3.01. The van der Waals surface area contributed by atoms with E-state index in [0.29, 0.717) is 19.0 Å². The monoisotopic (exact) mass is 343 g/mol. The molecule has 7 nitrogen and oxygen atoms in total. The van der Waals surface area contributed by atoms with Gasteiger partial charge in [-0.15, -0.1) is 0 Å². The van der Waals surface area contributed by atoms with Crippen molar-refractivity contribution < 1.29 is 9.53 Å². The second kappa shape index (κ2) is 8.11. The minimum atomic E-state index is -0.0356. The number of imidazole rings is 1. The molecule has 25 heavy (non-hydrogen) atoms. The molecule has 3 heterocycles. The van der Waals surface area contributed by atoms with Gasteiger partial charge in [-0.2, -0.15) is 0 Å². The number of aryl methyl sites for hydroxylation is 1. The molecule has 2 amide bonds. The van der Waals surface area contributed by atoms with Crippen LogP contribution in [0.4, 0.5) is 4.79 Å². The van der Waals surface area contributed by atoms with Gasteiger partial charge in [-0.1, -0.05) is 0 Å². The summed E-state index contributed by atoms with van der Waals surface area (Å²) >= 11 is 0. The molecule has 134 valence electrons. The van der Waals surface area contributed by atoms with E-state index in [1.54, 1.807) is 12.4 Å². The molecule has 1 atom stereocenters. The van der Waals surface area contributed by atoms with Crippen molar-refractivity contribution in [3.8, 4) is 5.82 Å². The summed E-state index contributed by atoms with van der Waals surface area (Å²) in [6.07, 6.45) is 6.41. The summed E-state index contributed by atoms with van der Waals surface area (Å²) in [6.45, 7) is 7.40. The Morgan fingerprint density at radius 3 is 3.00 bits per heavy atom. The van der Waals surface area contributed by atoms with Gasteiger partial charge in [0.25, 0.3) is 0 Å². The van der Waals surface area contributed by atoms with Crippen LogP contribution in [0.15, 0.2) is 30.7 Å². The Balaban J connectivity index is 1.58. The van der Waals surface area contributed by atoms with E-state index in [-0.39, 0.29) is 6.03 Å². The van der Waals surface area contributed by atoms with Crippen LogP contribution in [0.2, 0.25) is 0 Å². The molecule has 2 aromatic heterocycles. The van der Waals surface area contributed by atoms with Gasteiger partial charge in [0.2, 0.25) is 0 Å². The molecule has 0 bridgehead atoms. The number of ether oxygens (including phenoxy) is 1. The first-order valence-electron chi connectivity index (χ1n) is 8.73. The Kier molecular flexibility index (Phi) is 5.65. The van der Waals surface area contributed by atoms with E-state index in [9.17, 15) is 4.79 Å². The molecule has 1 aliphatic heterocycles. The molecule has 0 unspecified atom stereocenters. The van der Waals surface area contributed by atoms with Crippen LogP contribution in [0.3, 0.4) is 0 Å². The maximum atomic E-state index is 12.4. The fourth-order valence-corrected chi connectivity index (χ4v) is 3.01. The number of nitrogens with zero attached hydrogens (tertiary/aromatic N) is 4. The molecule has 1 aliphatic rings. The minimum Gasteiger partial charge on any atom is -0.381 e. The Labute approximate surface area is 148 Å². The van der Waals surface area contributed by atoms with Crippen molar-refractivity contribution in [2.75, 3.05) is 26.3 Å². The van der Waals surface area contributed by atoms with Crippen molar-refractivity contribution in [2.24, 2.45) is 5.92 Å². The average molecular weight is 343 g/mol. The van der Waals surface area contributed by atoms with Crippen LogP contribution >= 0.6 is 0 Å². The molecule has 0 spiro atoms. The zero-order chi connectivity index (χ0) is 17.6. The molecule has 3 rings (SSSR count). The molecule has 0 aliphatic carbocycles. The molecule has 0 aromatic carbocycles. The highest BCUT2D eigenvalue weighted by Crippen LogP contribution is 2.14. The van der Waals surface area contributed by atoms with Crippen LogP contribution in [0.25, 0.3) is 5.82 Å². The van der Waals surface area contributed by atoms with Crippen molar-refractivity contribution in [3.05, 3.63) is 42.1 Å². The highest BCUT2D eigenvalue weighted by atomic mass is 16.5. The standard InChI is InChI=1S/C18H25N5O2/c1-3-22(12-16-5-9-25-13-16)18(24)21-11-15-4-6-20-17(10-15)23-8-7-19-14(23)2/h4,6-8,10,16H,3,5,9,11-13H2,1-2H3,(H,21,24)/t16-/m1/s1. The molecular formula is C18H25N5O2. The number of hydrogen-bond acceptors (Lipinski definition) is 4. The van der Waals surface area contributed by atoms with Gasteiger partial charge >= 0.3 is 6.03 Å². The fraction of sp³-hybridized carbons (Fsp3) is 0.500. The van der Waals surface area contributed by atoms with Crippen LogP contribution in [0.5, 0.6) is 0 Å². The van der Waals surface area contributed by atoms with Gasteiger partial charge in [0, 0.05) is 50.7 Å². The second-order valence-corrected chi connectivity index (χ2v) is 6.29. The highest BCUT2D eigenvalue weighted by molar-refractivity contribution is 5.74. The summed E-state index contributed by atoms with van der Waals surface area (Å²) in [5, 5.41) is 3.00. The largest absolute Gasteiger partial charge is 0.381 e. The van der Waals surface area contributed by atoms with E-state index in [0.717, 1.165) is 43.4 Å². The zero-order valence-corrected chi connectivity index (χ0v) is 14.8.